The third-order valence-electron chi connectivity index (χ3n) is 5.03. The summed E-state index contributed by atoms with van der Waals surface area (Å²) in [6.07, 6.45) is 3.47. The Kier molecular flexibility index (Phi) is 11.1. The molecule has 0 aromatic heterocycles. The van der Waals surface area contributed by atoms with E-state index in [2.05, 4.69) is 41.8 Å². The van der Waals surface area contributed by atoms with Crippen molar-refractivity contribution >= 4 is 29.9 Å². The second-order valence-electron chi connectivity index (χ2n) is 7.11. The van der Waals surface area contributed by atoms with Gasteiger partial charge < -0.3 is 24.8 Å². The van der Waals surface area contributed by atoms with E-state index >= 15 is 0 Å². The zero-order valence-electron chi connectivity index (χ0n) is 16.8. The van der Waals surface area contributed by atoms with Gasteiger partial charge in [0.15, 0.2) is 5.96 Å². The molecule has 0 spiro atoms. The Labute approximate surface area is 185 Å². The highest BCUT2D eigenvalue weighted by molar-refractivity contribution is 14.0. The van der Waals surface area contributed by atoms with Gasteiger partial charge in [0.2, 0.25) is 0 Å². The van der Waals surface area contributed by atoms with Crippen LogP contribution in [0.25, 0.3) is 0 Å². The van der Waals surface area contributed by atoms with Crippen molar-refractivity contribution in [1.29, 1.82) is 0 Å². The molecule has 0 amide bonds. The first-order valence-corrected chi connectivity index (χ1v) is 10.2. The van der Waals surface area contributed by atoms with Crippen LogP contribution in [-0.2, 0) is 14.2 Å². The van der Waals surface area contributed by atoms with Gasteiger partial charge in [0.05, 0.1) is 18.8 Å². The number of hydrogen-bond donors (Lipinski definition) is 2. The van der Waals surface area contributed by atoms with E-state index in [1.54, 1.807) is 0 Å². The van der Waals surface area contributed by atoms with E-state index in [4.69, 9.17) is 19.2 Å². The predicted molar refractivity (Wildman–Crippen MR) is 122 cm³/mol. The molecule has 2 fully saturated rings. The first-order valence-electron chi connectivity index (χ1n) is 10.2. The fraction of sp³-hybridized carbons (Fsp3) is 0.667. The van der Waals surface area contributed by atoms with Crippen molar-refractivity contribution in [1.82, 2.24) is 10.6 Å². The van der Waals surface area contributed by atoms with Crippen molar-refractivity contribution in [2.45, 2.75) is 38.4 Å². The largest absolute Gasteiger partial charge is 0.379 e. The van der Waals surface area contributed by atoms with Crippen molar-refractivity contribution in [2.75, 3.05) is 46.1 Å². The fourth-order valence-corrected chi connectivity index (χ4v) is 3.56. The molecule has 2 aliphatic heterocycles. The van der Waals surface area contributed by atoms with Gasteiger partial charge in [-0.15, -0.1) is 24.0 Å². The predicted octanol–water partition coefficient (Wildman–Crippen LogP) is 3.13. The number of hydrogen-bond acceptors (Lipinski definition) is 4. The molecule has 0 bridgehead atoms. The van der Waals surface area contributed by atoms with E-state index in [1.807, 2.05) is 6.07 Å². The number of nitrogens with one attached hydrogen (secondary N) is 2. The number of nitrogens with zero attached hydrogens (tertiary/aromatic N) is 1. The number of halogens is 1. The molecule has 2 N–H and O–H groups in total. The van der Waals surface area contributed by atoms with Gasteiger partial charge in [0.25, 0.3) is 0 Å². The van der Waals surface area contributed by atoms with E-state index in [1.165, 1.54) is 5.56 Å². The first-order chi connectivity index (χ1) is 13.4. The van der Waals surface area contributed by atoms with Crippen molar-refractivity contribution in [2.24, 2.45) is 10.9 Å². The molecule has 7 heteroatoms. The van der Waals surface area contributed by atoms with Crippen LogP contribution in [0.4, 0.5) is 0 Å². The van der Waals surface area contributed by atoms with E-state index in [-0.39, 0.29) is 36.2 Å². The molecule has 3 atom stereocenters. The van der Waals surface area contributed by atoms with Crippen LogP contribution in [0, 0.1) is 5.92 Å². The highest BCUT2D eigenvalue weighted by Gasteiger charge is 2.29. The van der Waals surface area contributed by atoms with E-state index in [9.17, 15) is 0 Å². The molecule has 0 radical (unpaired) electrons. The van der Waals surface area contributed by atoms with Crippen LogP contribution in [0.3, 0.4) is 0 Å². The minimum atomic E-state index is 0. The monoisotopic (exact) mass is 503 g/mol. The molecule has 28 heavy (non-hydrogen) atoms. The Morgan fingerprint density at radius 3 is 2.79 bits per heavy atom. The van der Waals surface area contributed by atoms with Gasteiger partial charge in [-0.25, -0.2) is 0 Å². The number of ether oxygens (including phenoxy) is 3. The topological polar surface area (TPSA) is 64.1 Å². The Bertz CT molecular complexity index is 567. The van der Waals surface area contributed by atoms with Gasteiger partial charge in [-0.1, -0.05) is 30.3 Å². The minimum Gasteiger partial charge on any atom is -0.379 e. The molecule has 1 aromatic rings. The van der Waals surface area contributed by atoms with Crippen LogP contribution >= 0.6 is 24.0 Å². The van der Waals surface area contributed by atoms with E-state index < -0.39 is 0 Å². The highest BCUT2D eigenvalue weighted by Crippen LogP contribution is 2.34. The summed E-state index contributed by atoms with van der Waals surface area (Å²) in [6, 6.07) is 10.5. The second kappa shape index (κ2) is 13.3. The molecule has 0 aliphatic carbocycles. The molecule has 1 aromatic carbocycles. The van der Waals surface area contributed by atoms with Gasteiger partial charge in [0, 0.05) is 45.4 Å². The molecule has 2 saturated heterocycles. The Morgan fingerprint density at radius 2 is 2.04 bits per heavy atom. The summed E-state index contributed by atoms with van der Waals surface area (Å²) in [4.78, 5) is 4.80. The third kappa shape index (κ3) is 7.50. The average Bonchev–Trinajstić information content (AvgIpc) is 3.38. The lowest BCUT2D eigenvalue weighted by Gasteiger charge is -2.18. The molecular weight excluding hydrogens is 469 g/mol. The van der Waals surface area contributed by atoms with Crippen LogP contribution < -0.4 is 10.6 Å². The van der Waals surface area contributed by atoms with Crippen molar-refractivity contribution < 1.29 is 14.2 Å². The van der Waals surface area contributed by atoms with Crippen LogP contribution in [0.2, 0.25) is 0 Å². The number of aliphatic imine (C=N–C) groups is 1. The van der Waals surface area contributed by atoms with E-state index in [0.717, 1.165) is 71.3 Å². The Hall–Kier alpha value is -0.900. The maximum atomic E-state index is 5.97. The lowest BCUT2D eigenvalue weighted by molar-refractivity contribution is 0.0420. The molecule has 2 heterocycles. The Balaban J connectivity index is 0.00000280. The summed E-state index contributed by atoms with van der Waals surface area (Å²) >= 11 is 0. The molecule has 158 valence electrons. The number of benzene rings is 1. The van der Waals surface area contributed by atoms with E-state index in [0.29, 0.717) is 5.92 Å². The zero-order chi connectivity index (χ0) is 18.7. The summed E-state index contributed by atoms with van der Waals surface area (Å²) in [6.45, 7) is 7.70. The van der Waals surface area contributed by atoms with Crippen molar-refractivity contribution in [3.63, 3.8) is 0 Å². The summed E-state index contributed by atoms with van der Waals surface area (Å²) in [7, 11) is 0. The maximum Gasteiger partial charge on any atom is 0.191 e. The van der Waals surface area contributed by atoms with Gasteiger partial charge in [-0.3, -0.25) is 4.99 Å². The molecule has 0 saturated carbocycles. The standard InChI is InChI=1S/C21H33N3O3.HI/c1-2-22-21(23-11-6-12-26-19-10-13-25-16-19)24-15-18-9-14-27-20(18)17-7-4-3-5-8-17;/h3-5,7-8,18-20H,2,6,9-16H2,1H3,(H2,22,23,24);1H. The molecule has 3 rings (SSSR count). The average molecular weight is 503 g/mol. The summed E-state index contributed by atoms with van der Waals surface area (Å²) in [5.41, 5.74) is 1.25. The molecule has 6 nitrogen and oxygen atoms in total. The quantitative estimate of drug-likeness (QED) is 0.235. The van der Waals surface area contributed by atoms with Crippen LogP contribution in [-0.4, -0.2) is 58.1 Å². The lowest BCUT2D eigenvalue weighted by atomic mass is 9.95. The van der Waals surface area contributed by atoms with Gasteiger partial charge in [0.1, 0.15) is 0 Å². The fourth-order valence-electron chi connectivity index (χ4n) is 3.56. The van der Waals surface area contributed by atoms with Gasteiger partial charge >= 0.3 is 0 Å². The van der Waals surface area contributed by atoms with Gasteiger partial charge in [-0.05, 0) is 31.7 Å². The normalized spacial score (nSPS) is 24.8. The first kappa shape index (κ1) is 23.4. The zero-order valence-corrected chi connectivity index (χ0v) is 19.1. The summed E-state index contributed by atoms with van der Waals surface area (Å²) < 4.78 is 17.1. The Morgan fingerprint density at radius 1 is 1.18 bits per heavy atom. The number of guanidine groups is 1. The van der Waals surface area contributed by atoms with Gasteiger partial charge in [-0.2, -0.15) is 0 Å². The molecule has 3 unspecified atom stereocenters. The van der Waals surface area contributed by atoms with Crippen molar-refractivity contribution in [3.8, 4) is 0 Å². The highest BCUT2D eigenvalue weighted by atomic mass is 127. The lowest BCUT2D eigenvalue weighted by Crippen LogP contribution is -2.38. The third-order valence-corrected chi connectivity index (χ3v) is 5.03. The van der Waals surface area contributed by atoms with Crippen molar-refractivity contribution in [3.05, 3.63) is 35.9 Å². The minimum absolute atomic E-state index is 0. The van der Waals surface area contributed by atoms with Crippen LogP contribution in [0.15, 0.2) is 35.3 Å². The SMILES string of the molecule is CCNC(=NCC1CCOC1c1ccccc1)NCCCOC1CCOC1.I. The van der Waals surface area contributed by atoms with Crippen LogP contribution in [0.1, 0.15) is 37.9 Å². The van der Waals surface area contributed by atoms with Crippen LogP contribution in [0.5, 0.6) is 0 Å². The summed E-state index contributed by atoms with van der Waals surface area (Å²) in [5.74, 6) is 1.30. The maximum absolute atomic E-state index is 5.97. The smallest absolute Gasteiger partial charge is 0.191 e. The number of rotatable bonds is 9. The summed E-state index contributed by atoms with van der Waals surface area (Å²) in [5, 5.41) is 6.74. The second-order valence-corrected chi connectivity index (χ2v) is 7.11. The molecule has 2 aliphatic rings. The molecular formula is C21H34IN3O3.